The normalized spacial score (nSPS) is 11.3. The molecular formula is C18H12. The molecule has 0 atom stereocenters. The van der Waals surface area contributed by atoms with Gasteiger partial charge >= 0.3 is 0 Å². The molecule has 0 fully saturated rings. The molecule has 0 aromatic heterocycles. The fraction of sp³-hybridized carbons (Fsp3) is 0. The Morgan fingerprint density at radius 1 is 0.389 bits per heavy atom. The Hall–Kier alpha value is -2.34. The summed E-state index contributed by atoms with van der Waals surface area (Å²) < 4.78 is 0. The summed E-state index contributed by atoms with van der Waals surface area (Å²) in [6.07, 6.45) is 0. The fourth-order valence-corrected chi connectivity index (χ4v) is 2.50. The molecule has 0 N–H and O–H groups in total. The lowest BCUT2D eigenvalue weighted by molar-refractivity contribution is 1.51. The van der Waals surface area contributed by atoms with Gasteiger partial charge in [-0.15, -0.1) is 0 Å². The predicted octanol–water partition coefficient (Wildman–Crippen LogP) is 5.00. The first-order chi connectivity index (χ1) is 8.92. The van der Waals surface area contributed by atoms with Gasteiger partial charge in [0.05, 0.1) is 0 Å². The summed E-state index contributed by atoms with van der Waals surface area (Å²) >= 11 is 0. The van der Waals surface area contributed by atoms with Crippen molar-refractivity contribution in [3.05, 3.63) is 72.8 Å². The van der Waals surface area contributed by atoms with Crippen molar-refractivity contribution < 1.29 is 0 Å². The van der Waals surface area contributed by atoms with Crippen LogP contribution in [0.25, 0.3) is 33.4 Å². The highest BCUT2D eigenvalue weighted by Gasteiger charge is 2.17. The summed E-state index contributed by atoms with van der Waals surface area (Å²) in [7, 11) is 0. The van der Waals surface area contributed by atoms with Crippen LogP contribution in [0.15, 0.2) is 72.8 Å². The number of hydrogen-bond donors (Lipinski definition) is 0. The highest BCUT2D eigenvalue weighted by molar-refractivity contribution is 5.95. The molecule has 2 aliphatic rings. The molecule has 2 aromatic carbocycles. The molecule has 84 valence electrons. The standard InChI is InChI=1S/C18H12/c1-2-4-13(5-3-1)14-6-8-15(9-7-14)18-12-16-10-11-17(16)18/h1-12H. The molecule has 2 aliphatic carbocycles. The van der Waals surface area contributed by atoms with E-state index in [0.717, 1.165) is 0 Å². The summed E-state index contributed by atoms with van der Waals surface area (Å²) in [4.78, 5) is 0. The third kappa shape index (κ3) is 1.32. The van der Waals surface area contributed by atoms with Crippen LogP contribution in [0.5, 0.6) is 0 Å². The Bertz CT molecular complexity index is 680. The smallest absolute Gasteiger partial charge is 0.00992 e. The van der Waals surface area contributed by atoms with E-state index in [0.29, 0.717) is 0 Å². The van der Waals surface area contributed by atoms with Crippen molar-refractivity contribution in [1.82, 2.24) is 0 Å². The van der Waals surface area contributed by atoms with Crippen LogP contribution in [0.3, 0.4) is 0 Å². The third-order valence-electron chi connectivity index (χ3n) is 3.63. The molecular weight excluding hydrogens is 216 g/mol. The highest BCUT2D eigenvalue weighted by Crippen LogP contribution is 2.43. The van der Waals surface area contributed by atoms with Crippen molar-refractivity contribution in [1.29, 1.82) is 0 Å². The van der Waals surface area contributed by atoms with Crippen LogP contribution in [-0.2, 0) is 0 Å². The molecule has 2 aromatic rings. The van der Waals surface area contributed by atoms with Gasteiger partial charge in [-0.2, -0.15) is 0 Å². The van der Waals surface area contributed by atoms with Gasteiger partial charge in [-0.3, -0.25) is 0 Å². The van der Waals surface area contributed by atoms with E-state index in [1.165, 1.54) is 33.4 Å². The fourth-order valence-electron chi connectivity index (χ4n) is 2.50. The second-order valence-corrected chi connectivity index (χ2v) is 4.70. The van der Waals surface area contributed by atoms with Crippen LogP contribution in [0.4, 0.5) is 0 Å². The summed E-state index contributed by atoms with van der Waals surface area (Å²) in [5, 5.41) is 0. The maximum Gasteiger partial charge on any atom is -0.00992 e. The topological polar surface area (TPSA) is 0 Å². The van der Waals surface area contributed by atoms with Gasteiger partial charge in [0.1, 0.15) is 0 Å². The molecule has 0 heteroatoms. The zero-order valence-corrected chi connectivity index (χ0v) is 9.93. The predicted molar refractivity (Wildman–Crippen MR) is 76.3 cm³/mol. The van der Waals surface area contributed by atoms with Crippen molar-refractivity contribution >= 4 is 0 Å². The van der Waals surface area contributed by atoms with Crippen LogP contribution in [0.1, 0.15) is 0 Å². The maximum atomic E-state index is 2.26. The van der Waals surface area contributed by atoms with E-state index in [9.17, 15) is 0 Å². The third-order valence-corrected chi connectivity index (χ3v) is 3.63. The molecule has 0 radical (unpaired) electrons. The van der Waals surface area contributed by atoms with Crippen molar-refractivity contribution in [3.63, 3.8) is 0 Å². The van der Waals surface area contributed by atoms with Gasteiger partial charge < -0.3 is 0 Å². The SMILES string of the molecule is c1ccc(-c2ccc(-c3cc4ccc3-4)cc2)cc1. The second kappa shape index (κ2) is 3.58. The number of rotatable bonds is 2. The Morgan fingerprint density at radius 3 is 1.56 bits per heavy atom. The summed E-state index contributed by atoms with van der Waals surface area (Å²) in [6.45, 7) is 0. The molecule has 0 saturated heterocycles. The zero-order valence-electron chi connectivity index (χ0n) is 9.93. The molecule has 0 bridgehead atoms. The van der Waals surface area contributed by atoms with Gasteiger partial charge in [-0.25, -0.2) is 0 Å². The largest absolute Gasteiger partial charge is 0.0622 e. The molecule has 0 aliphatic heterocycles. The van der Waals surface area contributed by atoms with E-state index < -0.39 is 0 Å². The van der Waals surface area contributed by atoms with E-state index in [2.05, 4.69) is 66.7 Å². The maximum absolute atomic E-state index is 2.26. The lowest BCUT2D eigenvalue weighted by Gasteiger charge is -2.21. The van der Waals surface area contributed by atoms with Crippen LogP contribution in [-0.4, -0.2) is 0 Å². The van der Waals surface area contributed by atoms with E-state index in [4.69, 9.17) is 0 Å². The highest BCUT2D eigenvalue weighted by atomic mass is 14.2. The average molecular weight is 228 g/mol. The van der Waals surface area contributed by atoms with Gasteiger partial charge in [0.25, 0.3) is 0 Å². The van der Waals surface area contributed by atoms with Crippen LogP contribution >= 0.6 is 0 Å². The Labute approximate surface area is 107 Å². The monoisotopic (exact) mass is 228 g/mol. The first-order valence-electron chi connectivity index (χ1n) is 6.22. The lowest BCUT2D eigenvalue weighted by Crippen LogP contribution is -1.95. The van der Waals surface area contributed by atoms with Gasteiger partial charge in [-0.1, -0.05) is 66.7 Å². The first-order valence-corrected chi connectivity index (χ1v) is 6.22. The van der Waals surface area contributed by atoms with E-state index in [-0.39, 0.29) is 0 Å². The van der Waals surface area contributed by atoms with Gasteiger partial charge in [0.2, 0.25) is 0 Å². The Kier molecular flexibility index (Phi) is 1.92. The zero-order chi connectivity index (χ0) is 11.9. The van der Waals surface area contributed by atoms with Crippen molar-refractivity contribution in [3.8, 4) is 33.4 Å². The molecule has 0 spiro atoms. The minimum atomic E-state index is 1.27. The van der Waals surface area contributed by atoms with Gasteiger partial charge in [0, 0.05) is 0 Å². The minimum Gasteiger partial charge on any atom is -0.0622 e. The molecule has 0 saturated carbocycles. The summed E-state index contributed by atoms with van der Waals surface area (Å²) in [6, 6.07) is 25.9. The molecule has 0 amide bonds. The first kappa shape index (κ1) is 9.67. The second-order valence-electron chi connectivity index (χ2n) is 4.70. The summed E-state index contributed by atoms with van der Waals surface area (Å²) in [5.74, 6) is 0. The van der Waals surface area contributed by atoms with Crippen LogP contribution < -0.4 is 0 Å². The van der Waals surface area contributed by atoms with Gasteiger partial charge in [0.15, 0.2) is 0 Å². The summed E-state index contributed by atoms with van der Waals surface area (Å²) in [5.41, 5.74) is 8.07. The van der Waals surface area contributed by atoms with Crippen LogP contribution in [0, 0.1) is 0 Å². The van der Waals surface area contributed by atoms with Crippen LogP contribution in [0.2, 0.25) is 0 Å². The molecule has 0 nitrogen and oxygen atoms in total. The average Bonchev–Trinajstić information content (AvgIpc) is 2.43. The lowest BCUT2D eigenvalue weighted by atomic mass is 9.83. The van der Waals surface area contributed by atoms with Gasteiger partial charge in [-0.05, 0) is 39.4 Å². The number of hydrogen-bond acceptors (Lipinski definition) is 0. The number of fused-ring (bicyclic) bond motifs is 1. The Morgan fingerprint density at radius 2 is 1.00 bits per heavy atom. The molecule has 0 unspecified atom stereocenters. The molecule has 0 heterocycles. The van der Waals surface area contributed by atoms with E-state index >= 15 is 0 Å². The van der Waals surface area contributed by atoms with Crippen molar-refractivity contribution in [2.24, 2.45) is 0 Å². The molecule has 4 rings (SSSR count). The Balaban J connectivity index is 1.71. The van der Waals surface area contributed by atoms with E-state index in [1.54, 1.807) is 0 Å². The van der Waals surface area contributed by atoms with Crippen molar-refractivity contribution in [2.45, 2.75) is 0 Å². The quantitative estimate of drug-likeness (QED) is 0.453. The minimum absolute atomic E-state index is 1.27. The molecule has 18 heavy (non-hydrogen) atoms. The van der Waals surface area contributed by atoms with E-state index in [1.807, 2.05) is 6.07 Å². The van der Waals surface area contributed by atoms with Crippen molar-refractivity contribution in [2.75, 3.05) is 0 Å². The number of benzene rings is 3.